The molecule has 20 heavy (non-hydrogen) atoms. The molecule has 0 aromatic heterocycles. The summed E-state index contributed by atoms with van der Waals surface area (Å²) >= 11 is 0. The van der Waals surface area contributed by atoms with E-state index in [2.05, 4.69) is 48.8 Å². The minimum absolute atomic E-state index is 0.330. The maximum absolute atomic E-state index is 9.22. The maximum atomic E-state index is 9.22. The number of likely N-dealkylation sites (tertiary alicyclic amines) is 1. The van der Waals surface area contributed by atoms with Gasteiger partial charge in [-0.25, -0.2) is 0 Å². The first-order valence-corrected chi connectivity index (χ1v) is 7.85. The fraction of sp³-hybridized carbons (Fsp3) is 0.647. The van der Waals surface area contributed by atoms with Crippen LogP contribution >= 0.6 is 0 Å². The summed E-state index contributed by atoms with van der Waals surface area (Å²) in [4.78, 5) is 4.84. The molecule has 1 unspecified atom stereocenters. The van der Waals surface area contributed by atoms with Crippen molar-refractivity contribution in [3.05, 3.63) is 29.3 Å². The molecule has 1 aliphatic rings. The van der Waals surface area contributed by atoms with Crippen LogP contribution in [0, 0.1) is 12.8 Å². The standard InChI is InChI=1S/C17H28N2O/c1-4-19(5-2)17-7-6-16(14(3)10-17)12-18-9-8-15(11-18)13-20/h6-7,10,15,20H,4-5,8-9,11-13H2,1-3H3. The Labute approximate surface area is 123 Å². The molecule has 1 N–H and O–H groups in total. The Morgan fingerprint density at radius 3 is 2.60 bits per heavy atom. The molecule has 1 aliphatic heterocycles. The summed E-state index contributed by atoms with van der Waals surface area (Å²) < 4.78 is 0. The van der Waals surface area contributed by atoms with E-state index in [9.17, 15) is 5.11 Å². The lowest BCUT2D eigenvalue weighted by Crippen LogP contribution is -2.23. The first-order valence-electron chi connectivity index (χ1n) is 7.85. The Kier molecular flexibility index (Phi) is 5.44. The Morgan fingerprint density at radius 2 is 2.05 bits per heavy atom. The van der Waals surface area contributed by atoms with Gasteiger partial charge in [-0.05, 0) is 62.9 Å². The summed E-state index contributed by atoms with van der Waals surface area (Å²) in [5, 5.41) is 9.22. The molecule has 0 saturated carbocycles. The zero-order chi connectivity index (χ0) is 14.5. The number of aliphatic hydroxyl groups excluding tert-OH is 1. The summed E-state index contributed by atoms with van der Waals surface area (Å²) in [6.07, 6.45) is 1.13. The monoisotopic (exact) mass is 276 g/mol. The van der Waals surface area contributed by atoms with Gasteiger partial charge in [0.1, 0.15) is 0 Å². The molecule has 0 aliphatic carbocycles. The van der Waals surface area contributed by atoms with E-state index in [1.807, 2.05) is 0 Å². The summed E-state index contributed by atoms with van der Waals surface area (Å²) in [7, 11) is 0. The van der Waals surface area contributed by atoms with Gasteiger partial charge in [0, 0.05) is 38.5 Å². The van der Waals surface area contributed by atoms with E-state index in [0.717, 1.165) is 39.1 Å². The summed E-state index contributed by atoms with van der Waals surface area (Å²) in [5.41, 5.74) is 4.12. The second kappa shape index (κ2) is 7.09. The average Bonchev–Trinajstić information content (AvgIpc) is 2.91. The molecule has 1 aromatic carbocycles. The highest BCUT2D eigenvalue weighted by molar-refractivity contribution is 5.50. The van der Waals surface area contributed by atoms with E-state index < -0.39 is 0 Å². The third-order valence-corrected chi connectivity index (χ3v) is 4.48. The first-order chi connectivity index (χ1) is 9.67. The van der Waals surface area contributed by atoms with Crippen molar-refractivity contribution >= 4 is 5.69 Å². The highest BCUT2D eigenvalue weighted by Crippen LogP contribution is 2.23. The minimum Gasteiger partial charge on any atom is -0.396 e. The van der Waals surface area contributed by atoms with Gasteiger partial charge in [-0.3, -0.25) is 4.90 Å². The van der Waals surface area contributed by atoms with Gasteiger partial charge in [0.25, 0.3) is 0 Å². The van der Waals surface area contributed by atoms with Crippen LogP contribution in [0.15, 0.2) is 18.2 Å². The van der Waals surface area contributed by atoms with Gasteiger partial charge in [-0.1, -0.05) is 6.07 Å². The van der Waals surface area contributed by atoms with Crippen LogP contribution in [0.3, 0.4) is 0 Å². The molecule has 0 spiro atoms. The van der Waals surface area contributed by atoms with Crippen molar-refractivity contribution in [1.82, 2.24) is 4.90 Å². The molecule has 3 nitrogen and oxygen atoms in total. The van der Waals surface area contributed by atoms with E-state index in [-0.39, 0.29) is 0 Å². The van der Waals surface area contributed by atoms with Crippen LogP contribution in [0.4, 0.5) is 5.69 Å². The molecule has 1 saturated heterocycles. The van der Waals surface area contributed by atoms with Gasteiger partial charge < -0.3 is 10.0 Å². The molecule has 2 rings (SSSR count). The quantitative estimate of drug-likeness (QED) is 0.865. The van der Waals surface area contributed by atoms with Crippen LogP contribution in [0.2, 0.25) is 0 Å². The van der Waals surface area contributed by atoms with Gasteiger partial charge >= 0.3 is 0 Å². The normalized spacial score (nSPS) is 19.5. The fourth-order valence-electron chi connectivity index (χ4n) is 3.09. The highest BCUT2D eigenvalue weighted by Gasteiger charge is 2.21. The molecule has 1 fully saturated rings. The molecule has 3 heteroatoms. The topological polar surface area (TPSA) is 26.7 Å². The predicted octanol–water partition coefficient (Wildman–Crippen LogP) is 2.66. The Bertz CT molecular complexity index is 429. The van der Waals surface area contributed by atoms with Crippen molar-refractivity contribution < 1.29 is 5.11 Å². The van der Waals surface area contributed by atoms with Crippen molar-refractivity contribution in [2.75, 3.05) is 37.7 Å². The SMILES string of the molecule is CCN(CC)c1ccc(CN2CCC(CO)C2)c(C)c1. The number of aryl methyl sites for hydroxylation is 1. The van der Waals surface area contributed by atoms with Crippen LogP contribution in [0.1, 0.15) is 31.4 Å². The van der Waals surface area contributed by atoms with Crippen LogP contribution in [0.25, 0.3) is 0 Å². The van der Waals surface area contributed by atoms with Crippen LogP contribution in [0.5, 0.6) is 0 Å². The van der Waals surface area contributed by atoms with Gasteiger partial charge in [0.05, 0.1) is 0 Å². The Balaban J connectivity index is 2.03. The largest absolute Gasteiger partial charge is 0.396 e. The first kappa shape index (κ1) is 15.3. The van der Waals surface area contributed by atoms with Gasteiger partial charge in [0.15, 0.2) is 0 Å². The van der Waals surface area contributed by atoms with E-state index in [4.69, 9.17) is 0 Å². The average molecular weight is 276 g/mol. The molecule has 0 radical (unpaired) electrons. The van der Waals surface area contributed by atoms with Crippen LogP contribution < -0.4 is 4.90 Å². The van der Waals surface area contributed by atoms with Crippen molar-refractivity contribution in [2.24, 2.45) is 5.92 Å². The molecule has 1 aromatic rings. The van der Waals surface area contributed by atoms with Gasteiger partial charge in [-0.15, -0.1) is 0 Å². The van der Waals surface area contributed by atoms with Gasteiger partial charge in [-0.2, -0.15) is 0 Å². The zero-order valence-electron chi connectivity index (χ0n) is 13.1. The third kappa shape index (κ3) is 3.53. The van der Waals surface area contributed by atoms with Crippen LogP contribution in [-0.2, 0) is 6.54 Å². The molecule has 1 atom stereocenters. The summed E-state index contributed by atoms with van der Waals surface area (Å²) in [5.74, 6) is 0.477. The number of benzene rings is 1. The van der Waals surface area contributed by atoms with Gasteiger partial charge in [0.2, 0.25) is 0 Å². The molecule has 0 bridgehead atoms. The lowest BCUT2D eigenvalue weighted by molar-refractivity contribution is 0.220. The van der Waals surface area contributed by atoms with Crippen molar-refractivity contribution in [3.63, 3.8) is 0 Å². The van der Waals surface area contributed by atoms with E-state index in [1.165, 1.54) is 16.8 Å². The smallest absolute Gasteiger partial charge is 0.0471 e. The van der Waals surface area contributed by atoms with Crippen molar-refractivity contribution in [1.29, 1.82) is 0 Å². The third-order valence-electron chi connectivity index (χ3n) is 4.48. The number of aliphatic hydroxyl groups is 1. The van der Waals surface area contributed by atoms with Crippen molar-refractivity contribution in [2.45, 2.75) is 33.7 Å². The zero-order valence-corrected chi connectivity index (χ0v) is 13.1. The number of hydrogen-bond acceptors (Lipinski definition) is 3. The number of hydrogen-bond donors (Lipinski definition) is 1. The van der Waals surface area contributed by atoms with E-state index >= 15 is 0 Å². The maximum Gasteiger partial charge on any atom is 0.0471 e. The number of nitrogens with zero attached hydrogens (tertiary/aromatic N) is 2. The molecular formula is C17H28N2O. The lowest BCUT2D eigenvalue weighted by Gasteiger charge is -2.23. The minimum atomic E-state index is 0.330. The molecule has 1 heterocycles. The Morgan fingerprint density at radius 1 is 1.30 bits per heavy atom. The highest BCUT2D eigenvalue weighted by atomic mass is 16.3. The summed E-state index contributed by atoms with van der Waals surface area (Å²) in [6.45, 7) is 12.2. The van der Waals surface area contributed by atoms with E-state index in [1.54, 1.807) is 0 Å². The molecular weight excluding hydrogens is 248 g/mol. The molecule has 112 valence electrons. The summed E-state index contributed by atoms with van der Waals surface area (Å²) in [6, 6.07) is 6.83. The van der Waals surface area contributed by atoms with Crippen LogP contribution in [-0.4, -0.2) is 42.8 Å². The number of rotatable bonds is 6. The fourth-order valence-corrected chi connectivity index (χ4v) is 3.09. The van der Waals surface area contributed by atoms with E-state index in [0.29, 0.717) is 12.5 Å². The second-order valence-corrected chi connectivity index (χ2v) is 5.86. The van der Waals surface area contributed by atoms with Crippen molar-refractivity contribution in [3.8, 4) is 0 Å². The Hall–Kier alpha value is -1.06. The second-order valence-electron chi connectivity index (χ2n) is 5.86. The molecule has 0 amide bonds. The predicted molar refractivity (Wildman–Crippen MR) is 85.2 cm³/mol. The lowest BCUT2D eigenvalue weighted by atomic mass is 10.1. The number of anilines is 1.